The molecule has 0 spiro atoms. The maximum Gasteiger partial charge on any atom is 1.00 e. The first-order valence-electron chi connectivity index (χ1n) is 5.44. The Morgan fingerprint density at radius 3 is 2.19 bits per heavy atom. The second kappa shape index (κ2) is 7.01. The fourth-order valence-electron chi connectivity index (χ4n) is 1.60. The Bertz CT molecular complexity index is 749. The van der Waals surface area contributed by atoms with Gasteiger partial charge in [-0.1, -0.05) is 18.2 Å². The van der Waals surface area contributed by atoms with E-state index in [1.165, 1.54) is 6.07 Å². The molecule has 2 aromatic carbocycles. The second-order valence-corrected chi connectivity index (χ2v) is 5.26. The second-order valence-electron chi connectivity index (χ2n) is 3.88. The summed E-state index contributed by atoms with van der Waals surface area (Å²) in [5.41, 5.74) is 0.229. The van der Waals surface area contributed by atoms with Crippen molar-refractivity contribution in [3.05, 3.63) is 58.6 Å². The average Bonchev–Trinajstić information content (AvgIpc) is 2.38. The zero-order valence-corrected chi connectivity index (χ0v) is 13.8. The minimum Gasteiger partial charge on any atom is -0.744 e. The predicted octanol–water partition coefficient (Wildman–Crippen LogP) is -0.754. The summed E-state index contributed by atoms with van der Waals surface area (Å²) in [4.78, 5) is 9.57. The molecule has 0 unspecified atom stereocenters. The minimum atomic E-state index is -4.73. The third-order valence-electron chi connectivity index (χ3n) is 2.51. The quantitative estimate of drug-likeness (QED) is 0.344. The van der Waals surface area contributed by atoms with Crippen molar-refractivity contribution in [1.82, 2.24) is 0 Å². The number of nitro groups is 1. The molecule has 2 rings (SSSR count). The van der Waals surface area contributed by atoms with Gasteiger partial charge in [-0.05, 0) is 24.3 Å². The van der Waals surface area contributed by atoms with Gasteiger partial charge < -0.3 is 9.87 Å². The molecule has 9 heteroatoms. The third-order valence-corrected chi connectivity index (χ3v) is 3.34. The molecule has 0 heterocycles. The van der Waals surface area contributed by atoms with Crippen molar-refractivity contribution in [1.29, 1.82) is 0 Å². The van der Waals surface area contributed by atoms with E-state index in [9.17, 15) is 23.1 Å². The molecule has 0 aliphatic heterocycles. The predicted molar refractivity (Wildman–Crippen MR) is 70.8 cm³/mol. The summed E-state index contributed by atoms with van der Waals surface area (Å²) in [6.07, 6.45) is 0. The number of nitrogens with one attached hydrogen (secondary N) is 1. The Hall–Kier alpha value is -1.45. The van der Waals surface area contributed by atoms with Gasteiger partial charge in [-0.15, -0.1) is 0 Å². The van der Waals surface area contributed by atoms with Crippen molar-refractivity contribution in [2.24, 2.45) is 0 Å². The van der Waals surface area contributed by atoms with Crippen LogP contribution in [0.3, 0.4) is 0 Å². The van der Waals surface area contributed by atoms with Crippen molar-refractivity contribution >= 4 is 27.2 Å². The molecule has 2 aromatic rings. The number of hydrogen-bond acceptors (Lipinski definition) is 6. The molecular formula is C12H9N2NaO5S. The fraction of sp³-hybridized carbons (Fsp3) is 0. The van der Waals surface area contributed by atoms with Gasteiger partial charge in [0.25, 0.3) is 5.69 Å². The van der Waals surface area contributed by atoms with E-state index in [4.69, 9.17) is 0 Å². The van der Waals surface area contributed by atoms with Crippen LogP contribution in [-0.2, 0) is 10.1 Å². The molecule has 1 N–H and O–H groups in total. The van der Waals surface area contributed by atoms with Crippen molar-refractivity contribution in [3.63, 3.8) is 0 Å². The van der Waals surface area contributed by atoms with Crippen molar-refractivity contribution in [2.75, 3.05) is 5.32 Å². The molecule has 21 heavy (non-hydrogen) atoms. The number of rotatable bonds is 4. The van der Waals surface area contributed by atoms with Crippen LogP contribution < -0.4 is 34.9 Å². The molecule has 104 valence electrons. The van der Waals surface area contributed by atoms with Gasteiger partial charge >= 0.3 is 29.6 Å². The van der Waals surface area contributed by atoms with Crippen LogP contribution in [-0.4, -0.2) is 17.9 Å². The van der Waals surface area contributed by atoms with Gasteiger partial charge in [-0.25, -0.2) is 8.42 Å². The summed E-state index contributed by atoms with van der Waals surface area (Å²) in [7, 11) is -4.73. The summed E-state index contributed by atoms with van der Waals surface area (Å²) in [6, 6.07) is 11.6. The van der Waals surface area contributed by atoms with Crippen LogP contribution in [0.4, 0.5) is 17.1 Å². The number of benzene rings is 2. The number of nitro benzene ring substituents is 1. The average molecular weight is 316 g/mol. The first-order valence-corrected chi connectivity index (χ1v) is 6.85. The SMILES string of the molecule is O=[N+]([O-])c1cc(S(=O)(=O)[O-])ccc1Nc1ccccc1.[Na+]. The Labute approximate surface area is 143 Å². The van der Waals surface area contributed by atoms with Gasteiger partial charge in [-0.3, -0.25) is 10.1 Å². The van der Waals surface area contributed by atoms with Gasteiger partial charge in [0.1, 0.15) is 15.8 Å². The van der Waals surface area contributed by atoms with E-state index in [-0.39, 0.29) is 35.2 Å². The number of nitrogens with zero attached hydrogens (tertiary/aromatic N) is 1. The largest absolute Gasteiger partial charge is 1.00 e. The number of anilines is 2. The smallest absolute Gasteiger partial charge is 0.744 e. The van der Waals surface area contributed by atoms with Gasteiger partial charge in [0, 0.05) is 11.8 Å². The van der Waals surface area contributed by atoms with Crippen LogP contribution in [0.15, 0.2) is 53.4 Å². The van der Waals surface area contributed by atoms with E-state index in [0.717, 1.165) is 12.1 Å². The van der Waals surface area contributed by atoms with E-state index in [0.29, 0.717) is 5.69 Å². The maximum absolute atomic E-state index is 11.0. The molecule has 7 nitrogen and oxygen atoms in total. The standard InChI is InChI=1S/C12H10N2O5S.Na/c15-14(16)12-8-10(20(17,18)19)6-7-11(12)13-9-4-2-1-3-5-9;/h1-8,13H,(H,17,18,19);/q;+1/p-1. The summed E-state index contributed by atoms with van der Waals surface area (Å²) in [5.74, 6) is 0. The maximum atomic E-state index is 11.0. The molecule has 0 bridgehead atoms. The van der Waals surface area contributed by atoms with Crippen LogP contribution in [0.1, 0.15) is 0 Å². The van der Waals surface area contributed by atoms with Gasteiger partial charge in [-0.2, -0.15) is 0 Å². The first-order chi connectivity index (χ1) is 9.38. The number of hydrogen-bond donors (Lipinski definition) is 1. The van der Waals surface area contributed by atoms with Crippen molar-refractivity contribution in [3.8, 4) is 0 Å². The van der Waals surface area contributed by atoms with Crippen LogP contribution in [0, 0.1) is 10.1 Å². The molecule has 0 saturated carbocycles. The summed E-state index contributed by atoms with van der Waals surface area (Å²) < 4.78 is 32.6. The molecule has 0 aliphatic carbocycles. The Kier molecular flexibility index (Phi) is 5.87. The fourth-order valence-corrected chi connectivity index (χ4v) is 2.09. The van der Waals surface area contributed by atoms with Gasteiger partial charge in [0.05, 0.1) is 9.82 Å². The molecule has 0 atom stereocenters. The van der Waals surface area contributed by atoms with Crippen LogP contribution in [0.25, 0.3) is 0 Å². The van der Waals surface area contributed by atoms with Crippen LogP contribution in [0.5, 0.6) is 0 Å². The van der Waals surface area contributed by atoms with Gasteiger partial charge in [0.2, 0.25) is 0 Å². The zero-order valence-electron chi connectivity index (χ0n) is 11.0. The number of para-hydroxylation sites is 1. The summed E-state index contributed by atoms with van der Waals surface area (Å²) >= 11 is 0. The van der Waals surface area contributed by atoms with Crippen LogP contribution in [0.2, 0.25) is 0 Å². The van der Waals surface area contributed by atoms with E-state index in [2.05, 4.69) is 5.32 Å². The minimum absolute atomic E-state index is 0. The Morgan fingerprint density at radius 2 is 1.67 bits per heavy atom. The Balaban J connectivity index is 0.00000220. The molecule has 0 aliphatic rings. The molecule has 0 amide bonds. The molecule has 0 fully saturated rings. The van der Waals surface area contributed by atoms with E-state index >= 15 is 0 Å². The Morgan fingerprint density at radius 1 is 1.05 bits per heavy atom. The summed E-state index contributed by atoms with van der Waals surface area (Å²) in [6.45, 7) is 0. The molecule has 0 saturated heterocycles. The van der Waals surface area contributed by atoms with Crippen molar-refractivity contribution in [2.45, 2.75) is 4.90 Å². The molecule has 0 radical (unpaired) electrons. The first kappa shape index (κ1) is 17.6. The molecular weight excluding hydrogens is 307 g/mol. The summed E-state index contributed by atoms with van der Waals surface area (Å²) in [5, 5.41) is 13.8. The zero-order chi connectivity index (χ0) is 14.8. The normalized spacial score (nSPS) is 10.5. The van der Waals surface area contributed by atoms with E-state index in [1.807, 2.05) is 0 Å². The van der Waals surface area contributed by atoms with E-state index in [1.54, 1.807) is 30.3 Å². The van der Waals surface area contributed by atoms with Gasteiger partial charge in [0.15, 0.2) is 0 Å². The molecule has 0 aromatic heterocycles. The van der Waals surface area contributed by atoms with Crippen molar-refractivity contribution < 1.29 is 47.5 Å². The monoisotopic (exact) mass is 316 g/mol. The van der Waals surface area contributed by atoms with E-state index < -0.39 is 25.6 Å². The topological polar surface area (TPSA) is 112 Å². The third kappa shape index (κ3) is 4.51. The van der Waals surface area contributed by atoms with Crippen LogP contribution >= 0.6 is 0 Å².